The van der Waals surface area contributed by atoms with Crippen LogP contribution < -0.4 is 0 Å². The van der Waals surface area contributed by atoms with Gasteiger partial charge in [0, 0.05) is 13.0 Å². The fraction of sp³-hybridized carbons (Fsp3) is 0.958. The summed E-state index contributed by atoms with van der Waals surface area (Å²) in [5, 5.41) is 9.34. The summed E-state index contributed by atoms with van der Waals surface area (Å²) in [6, 6.07) is 0. The molecule has 0 aromatic carbocycles. The number of ether oxygens (including phenoxy) is 2. The molecule has 6 heteroatoms. The second-order valence-corrected chi connectivity index (χ2v) is 18.3. The van der Waals surface area contributed by atoms with E-state index in [-0.39, 0.29) is 29.4 Å². The van der Waals surface area contributed by atoms with E-state index in [0.717, 1.165) is 71.0 Å². The summed E-state index contributed by atoms with van der Waals surface area (Å²) in [6.07, 6.45) is 37.6. The number of carbonyl (C=O) groups is 2. The number of nitrogens with zero attached hydrogens (tertiary/aromatic N) is 1. The lowest BCUT2D eigenvalue weighted by Gasteiger charge is -2.25. The van der Waals surface area contributed by atoms with E-state index >= 15 is 0 Å². The lowest BCUT2D eigenvalue weighted by molar-refractivity contribution is -0.147. The Morgan fingerprint density at radius 2 is 1.13 bits per heavy atom. The Kier molecular flexibility index (Phi) is 32.0. The quantitative estimate of drug-likeness (QED) is 0.0494. The van der Waals surface area contributed by atoms with Crippen LogP contribution in [0, 0.1) is 16.7 Å². The van der Waals surface area contributed by atoms with Crippen molar-refractivity contribution in [1.82, 2.24) is 4.90 Å². The molecule has 1 aliphatic carbocycles. The van der Waals surface area contributed by atoms with Gasteiger partial charge in [-0.3, -0.25) is 9.59 Å². The number of aliphatic hydroxyl groups excluding tert-OH is 1. The topological polar surface area (TPSA) is 76.1 Å². The minimum atomic E-state index is -0.0274. The molecule has 1 aliphatic rings. The van der Waals surface area contributed by atoms with Crippen molar-refractivity contribution in [2.24, 2.45) is 16.7 Å². The Hall–Kier alpha value is -1.14. The summed E-state index contributed by atoms with van der Waals surface area (Å²) in [6.45, 7) is 16.0. The summed E-state index contributed by atoms with van der Waals surface area (Å²) in [4.78, 5) is 27.7. The smallest absolute Gasteiger partial charge is 0.306 e. The molecule has 0 atom stereocenters. The van der Waals surface area contributed by atoms with Crippen LogP contribution in [0.5, 0.6) is 0 Å². The van der Waals surface area contributed by atoms with Gasteiger partial charge in [0.15, 0.2) is 0 Å². The standard InChI is InChI=1S/C48H93NO5/c1-6-9-12-15-16-17-22-31-45(51)54-43-47(4,5)33-23-18-25-37-49(39-27-28-40-50)38-26-19-24-34-48(35-36-48)42-46(52)53-41-32-44(29-20-13-10-7-2)30-21-14-11-8-3/h44,50H,6-43H2,1-5H3. The molecule has 6 nitrogen and oxygen atoms in total. The average Bonchev–Trinajstić information content (AvgIpc) is 3.91. The van der Waals surface area contributed by atoms with E-state index in [1.165, 1.54) is 141 Å². The predicted octanol–water partition coefficient (Wildman–Crippen LogP) is 13.6. The van der Waals surface area contributed by atoms with Crippen LogP contribution in [0.15, 0.2) is 0 Å². The average molecular weight is 764 g/mol. The Bertz CT molecular complexity index is 859. The lowest BCUT2D eigenvalue weighted by atomic mass is 9.88. The minimum absolute atomic E-state index is 0.0243. The molecule has 0 aromatic heterocycles. The van der Waals surface area contributed by atoms with Crippen molar-refractivity contribution in [3.63, 3.8) is 0 Å². The summed E-state index contributed by atoms with van der Waals surface area (Å²) in [7, 11) is 0. The largest absolute Gasteiger partial charge is 0.466 e. The van der Waals surface area contributed by atoms with E-state index < -0.39 is 0 Å². The highest BCUT2D eigenvalue weighted by atomic mass is 16.5. The lowest BCUT2D eigenvalue weighted by Crippen LogP contribution is -2.27. The van der Waals surface area contributed by atoms with Crippen molar-refractivity contribution in [3.8, 4) is 0 Å². The van der Waals surface area contributed by atoms with Gasteiger partial charge >= 0.3 is 11.9 Å². The van der Waals surface area contributed by atoms with Crippen molar-refractivity contribution in [2.45, 2.75) is 240 Å². The summed E-state index contributed by atoms with van der Waals surface area (Å²) in [5.74, 6) is 0.728. The van der Waals surface area contributed by atoms with Crippen molar-refractivity contribution >= 4 is 11.9 Å². The highest BCUT2D eigenvalue weighted by Gasteiger charge is 2.43. The number of carbonyl (C=O) groups excluding carboxylic acids is 2. The third-order valence-electron chi connectivity index (χ3n) is 12.2. The van der Waals surface area contributed by atoms with Crippen molar-refractivity contribution < 1.29 is 24.2 Å². The van der Waals surface area contributed by atoms with Crippen LogP contribution in [0.1, 0.15) is 240 Å². The van der Waals surface area contributed by atoms with Crippen molar-refractivity contribution in [3.05, 3.63) is 0 Å². The molecule has 54 heavy (non-hydrogen) atoms. The van der Waals surface area contributed by atoms with E-state index in [1.807, 2.05) is 0 Å². The highest BCUT2D eigenvalue weighted by molar-refractivity contribution is 5.70. The molecule has 1 rings (SSSR count). The number of unbranched alkanes of at least 4 members (excludes halogenated alkanes) is 17. The molecule has 0 amide bonds. The van der Waals surface area contributed by atoms with E-state index in [1.54, 1.807) is 0 Å². The first kappa shape index (κ1) is 50.9. The van der Waals surface area contributed by atoms with Gasteiger partial charge in [0.05, 0.1) is 19.6 Å². The Morgan fingerprint density at radius 3 is 1.70 bits per heavy atom. The zero-order valence-electron chi connectivity index (χ0n) is 37.0. The third-order valence-corrected chi connectivity index (χ3v) is 12.2. The van der Waals surface area contributed by atoms with Crippen LogP contribution in [0.2, 0.25) is 0 Å². The van der Waals surface area contributed by atoms with Gasteiger partial charge in [-0.1, -0.05) is 163 Å². The van der Waals surface area contributed by atoms with E-state index in [4.69, 9.17) is 9.47 Å². The summed E-state index contributed by atoms with van der Waals surface area (Å²) < 4.78 is 11.5. The molecule has 0 saturated heterocycles. The molecular formula is C48H93NO5. The van der Waals surface area contributed by atoms with Crippen molar-refractivity contribution in [2.75, 3.05) is 39.5 Å². The maximum Gasteiger partial charge on any atom is 0.306 e. The van der Waals surface area contributed by atoms with Crippen LogP contribution in [0.4, 0.5) is 0 Å². The molecule has 0 unspecified atom stereocenters. The molecule has 1 fully saturated rings. The van der Waals surface area contributed by atoms with Crippen LogP contribution in [0.3, 0.4) is 0 Å². The molecule has 0 aromatic rings. The molecule has 0 bridgehead atoms. The number of esters is 2. The fourth-order valence-corrected chi connectivity index (χ4v) is 8.10. The number of aliphatic hydroxyl groups is 1. The maximum atomic E-state index is 12.9. The predicted molar refractivity (Wildman–Crippen MR) is 230 cm³/mol. The van der Waals surface area contributed by atoms with Gasteiger partial charge in [-0.15, -0.1) is 0 Å². The van der Waals surface area contributed by atoms with Gasteiger partial charge in [0.1, 0.15) is 0 Å². The first-order chi connectivity index (χ1) is 26.2. The van der Waals surface area contributed by atoms with E-state index in [0.29, 0.717) is 32.0 Å². The molecule has 0 spiro atoms. The van der Waals surface area contributed by atoms with Crippen LogP contribution in [-0.2, 0) is 19.1 Å². The van der Waals surface area contributed by atoms with Gasteiger partial charge in [-0.2, -0.15) is 0 Å². The Balaban J connectivity index is 2.26. The second kappa shape index (κ2) is 33.9. The molecule has 0 heterocycles. The second-order valence-electron chi connectivity index (χ2n) is 18.3. The van der Waals surface area contributed by atoms with E-state index in [9.17, 15) is 14.7 Å². The number of rotatable bonds is 41. The van der Waals surface area contributed by atoms with Gasteiger partial charge in [-0.25, -0.2) is 0 Å². The van der Waals surface area contributed by atoms with Crippen molar-refractivity contribution in [1.29, 1.82) is 0 Å². The van der Waals surface area contributed by atoms with Gasteiger partial charge in [0.2, 0.25) is 0 Å². The van der Waals surface area contributed by atoms with Crippen LogP contribution in [0.25, 0.3) is 0 Å². The SMILES string of the molecule is CCCCCCCCCC(=O)OCC(C)(C)CCCCCN(CCCCO)CCCCCC1(CC(=O)OCCC(CCCCCC)CCCCCC)CC1. The van der Waals surface area contributed by atoms with Gasteiger partial charge in [-0.05, 0) is 101 Å². The highest BCUT2D eigenvalue weighted by Crippen LogP contribution is 2.53. The zero-order chi connectivity index (χ0) is 39.6. The minimum Gasteiger partial charge on any atom is -0.466 e. The first-order valence-electron chi connectivity index (χ1n) is 23.8. The zero-order valence-corrected chi connectivity index (χ0v) is 37.0. The third kappa shape index (κ3) is 30.1. The Morgan fingerprint density at radius 1 is 0.611 bits per heavy atom. The van der Waals surface area contributed by atoms with E-state index in [2.05, 4.69) is 39.5 Å². The number of hydrogen-bond donors (Lipinski definition) is 1. The molecular weight excluding hydrogens is 671 g/mol. The molecule has 0 aliphatic heterocycles. The van der Waals surface area contributed by atoms with Gasteiger partial charge in [0.25, 0.3) is 0 Å². The number of hydrogen-bond acceptors (Lipinski definition) is 6. The first-order valence-corrected chi connectivity index (χ1v) is 23.8. The molecule has 1 N–H and O–H groups in total. The molecule has 0 radical (unpaired) electrons. The normalized spacial score (nSPS) is 13.9. The van der Waals surface area contributed by atoms with Crippen LogP contribution >= 0.6 is 0 Å². The summed E-state index contributed by atoms with van der Waals surface area (Å²) in [5.41, 5.74) is 0.244. The van der Waals surface area contributed by atoms with Gasteiger partial charge < -0.3 is 19.5 Å². The Labute approximate surface area is 336 Å². The van der Waals surface area contributed by atoms with Crippen LogP contribution in [-0.4, -0.2) is 61.4 Å². The monoisotopic (exact) mass is 764 g/mol. The molecule has 320 valence electrons. The molecule has 1 saturated carbocycles. The summed E-state index contributed by atoms with van der Waals surface area (Å²) >= 11 is 0. The maximum absolute atomic E-state index is 12.9. The fourth-order valence-electron chi connectivity index (χ4n) is 8.10.